The number of fused-ring (bicyclic) bond motifs is 1. The summed E-state index contributed by atoms with van der Waals surface area (Å²) in [7, 11) is 1.68. The number of ether oxygens (including phenoxy) is 1. The minimum Gasteiger partial charge on any atom is -0.497 e. The number of carbonyl (C=O) groups excluding carboxylic acids is 2. The van der Waals surface area contributed by atoms with E-state index in [1.54, 1.807) is 13.3 Å². The molecule has 31 heavy (non-hydrogen) atoms. The Hall–Kier alpha value is -3.09. The first-order chi connectivity index (χ1) is 15.1. The van der Waals surface area contributed by atoms with Gasteiger partial charge in [-0.25, -0.2) is 0 Å². The summed E-state index contributed by atoms with van der Waals surface area (Å²) in [5.41, 5.74) is 4.99. The maximum Gasteiger partial charge on any atom is 0.239 e. The number of nitrogens with one attached hydrogen (secondary N) is 1. The topological polar surface area (TPSA) is 76.5 Å². The lowest BCUT2D eigenvalue weighted by Gasteiger charge is -2.32. The van der Waals surface area contributed by atoms with Crippen molar-refractivity contribution < 1.29 is 17.2 Å². The van der Waals surface area contributed by atoms with Crippen molar-refractivity contribution in [2.45, 2.75) is 56.5 Å². The van der Waals surface area contributed by atoms with Crippen molar-refractivity contribution in [3.8, 4) is 5.75 Å². The average Bonchev–Trinajstić information content (AvgIpc) is 3.20. The van der Waals surface area contributed by atoms with Crippen LogP contribution in [0.3, 0.4) is 0 Å². The monoisotopic (exact) mass is 422 g/mol. The summed E-state index contributed by atoms with van der Waals surface area (Å²) < 4.78 is 7.44. The lowest BCUT2D eigenvalue weighted by atomic mass is 9.79. The highest BCUT2D eigenvalue weighted by Gasteiger charge is 2.51. The zero-order chi connectivity index (χ0) is 21.2. The molecule has 0 radical (unpaired) electrons. The quantitative estimate of drug-likeness (QED) is 0.748. The fourth-order valence-electron chi connectivity index (χ4n) is 5.20. The molecule has 0 unspecified atom stereocenters. The number of amides is 2. The van der Waals surface area contributed by atoms with Gasteiger partial charge in [-0.05, 0) is 55.4 Å². The van der Waals surface area contributed by atoms with E-state index < -0.39 is 5.41 Å². The first-order valence-corrected chi connectivity index (χ1v) is 11.1. The Kier molecular flexibility index (Phi) is 4.04. The van der Waals surface area contributed by atoms with Crippen molar-refractivity contribution >= 4 is 17.5 Å². The third-order valence-electron chi connectivity index (χ3n) is 7.30. The fourth-order valence-corrected chi connectivity index (χ4v) is 5.20. The van der Waals surface area contributed by atoms with E-state index >= 15 is 0 Å². The standard InChI is InChI=1S/C24H26N4O3.2H2/c1-31-19-8-7-16-12-27(22(15-5-6-15)20(16)9-19)14-24(10-21(29)26-23(24)30)17-11-25-28(13-17)18-3-2-4-18;;/h7-9,11,13,18H,2-6,10,12,14H2,1H3,(H,26,29,30);2*1H/t24-;;/m1../s1. The van der Waals surface area contributed by atoms with Gasteiger partial charge < -0.3 is 9.64 Å². The van der Waals surface area contributed by atoms with Crippen LogP contribution in [0, 0.1) is 0 Å². The highest BCUT2D eigenvalue weighted by molar-refractivity contribution is 6.09. The summed E-state index contributed by atoms with van der Waals surface area (Å²) in [6.45, 7) is 1.20. The average molecular weight is 423 g/mol. The summed E-state index contributed by atoms with van der Waals surface area (Å²) in [6, 6.07) is 6.61. The molecule has 2 saturated carbocycles. The molecule has 1 aromatic carbocycles. The minimum atomic E-state index is -0.911. The third-order valence-corrected chi connectivity index (χ3v) is 7.30. The van der Waals surface area contributed by atoms with Gasteiger partial charge in [-0.3, -0.25) is 19.6 Å². The molecular formula is C24H30N4O3. The number of hydrogen-bond donors (Lipinski definition) is 1. The molecule has 1 atom stereocenters. The lowest BCUT2D eigenvalue weighted by Crippen LogP contribution is -2.44. The number of aromatic nitrogens is 2. The van der Waals surface area contributed by atoms with Gasteiger partial charge in [-0.1, -0.05) is 6.07 Å². The van der Waals surface area contributed by atoms with E-state index in [4.69, 9.17) is 4.74 Å². The molecule has 3 fully saturated rings. The summed E-state index contributed by atoms with van der Waals surface area (Å²) in [5.74, 6) is 0.421. The summed E-state index contributed by atoms with van der Waals surface area (Å²) >= 11 is 0. The largest absolute Gasteiger partial charge is 0.497 e. The number of imide groups is 1. The van der Waals surface area contributed by atoms with Crippen LogP contribution in [-0.2, 0) is 21.5 Å². The summed E-state index contributed by atoms with van der Waals surface area (Å²) in [4.78, 5) is 27.8. The zero-order valence-corrected chi connectivity index (χ0v) is 17.7. The van der Waals surface area contributed by atoms with Crippen LogP contribution in [0.25, 0.3) is 5.70 Å². The minimum absolute atomic E-state index is 0. The molecule has 2 aliphatic heterocycles. The molecule has 7 nitrogen and oxygen atoms in total. The normalized spacial score (nSPS) is 25.0. The molecular weight excluding hydrogens is 392 g/mol. The number of hydrogen-bond acceptors (Lipinski definition) is 5. The second-order valence-corrected chi connectivity index (χ2v) is 9.26. The maximum absolute atomic E-state index is 13.2. The van der Waals surface area contributed by atoms with Crippen LogP contribution in [0.1, 0.15) is 64.1 Å². The summed E-state index contributed by atoms with van der Waals surface area (Å²) in [5, 5.41) is 7.14. The Morgan fingerprint density at radius 2 is 2.13 bits per heavy atom. The molecule has 0 bridgehead atoms. The van der Waals surface area contributed by atoms with Crippen LogP contribution in [0.5, 0.6) is 5.75 Å². The second-order valence-electron chi connectivity index (χ2n) is 9.26. The van der Waals surface area contributed by atoms with Gasteiger partial charge in [0, 0.05) is 45.4 Å². The number of carbonyl (C=O) groups is 2. The van der Waals surface area contributed by atoms with Crippen molar-refractivity contribution in [2.24, 2.45) is 0 Å². The van der Waals surface area contributed by atoms with Gasteiger partial charge in [0.1, 0.15) is 11.2 Å². The molecule has 3 heterocycles. The smallest absolute Gasteiger partial charge is 0.239 e. The molecule has 1 N–H and O–H groups in total. The Labute approximate surface area is 184 Å². The second kappa shape index (κ2) is 6.70. The van der Waals surface area contributed by atoms with Crippen LogP contribution in [0.4, 0.5) is 0 Å². The molecule has 164 valence electrons. The first kappa shape index (κ1) is 18.7. The van der Waals surface area contributed by atoms with Crippen molar-refractivity contribution in [2.75, 3.05) is 13.7 Å². The maximum atomic E-state index is 13.2. The molecule has 2 aliphatic carbocycles. The van der Waals surface area contributed by atoms with E-state index in [0.29, 0.717) is 12.6 Å². The molecule has 4 aliphatic rings. The predicted molar refractivity (Wildman–Crippen MR) is 118 cm³/mol. The van der Waals surface area contributed by atoms with Crippen molar-refractivity contribution in [1.29, 1.82) is 0 Å². The van der Waals surface area contributed by atoms with Gasteiger partial charge in [-0.2, -0.15) is 5.10 Å². The lowest BCUT2D eigenvalue weighted by molar-refractivity contribution is -0.126. The van der Waals surface area contributed by atoms with E-state index in [0.717, 1.165) is 43.5 Å². The van der Waals surface area contributed by atoms with Crippen LogP contribution < -0.4 is 10.1 Å². The van der Waals surface area contributed by atoms with Crippen LogP contribution in [0.15, 0.2) is 36.2 Å². The van der Waals surface area contributed by atoms with Gasteiger partial charge in [-0.15, -0.1) is 0 Å². The van der Waals surface area contributed by atoms with Gasteiger partial charge >= 0.3 is 0 Å². The number of methoxy groups -OCH3 is 1. The first-order valence-electron chi connectivity index (χ1n) is 11.1. The van der Waals surface area contributed by atoms with Gasteiger partial charge in [0.25, 0.3) is 0 Å². The molecule has 7 heteroatoms. The molecule has 1 saturated heterocycles. The van der Waals surface area contributed by atoms with Crippen molar-refractivity contribution in [3.63, 3.8) is 0 Å². The van der Waals surface area contributed by atoms with Crippen molar-refractivity contribution in [3.05, 3.63) is 52.9 Å². The summed E-state index contributed by atoms with van der Waals surface area (Å²) in [6.07, 6.45) is 9.60. The van der Waals surface area contributed by atoms with E-state index in [2.05, 4.69) is 27.4 Å². The van der Waals surface area contributed by atoms with Crippen LogP contribution >= 0.6 is 0 Å². The number of benzene rings is 1. The van der Waals surface area contributed by atoms with E-state index in [9.17, 15) is 9.59 Å². The van der Waals surface area contributed by atoms with Crippen LogP contribution in [-0.4, -0.2) is 40.1 Å². The zero-order valence-electron chi connectivity index (χ0n) is 17.7. The van der Waals surface area contributed by atoms with Gasteiger partial charge in [0.05, 0.1) is 19.3 Å². The van der Waals surface area contributed by atoms with Gasteiger partial charge in [0.15, 0.2) is 0 Å². The highest BCUT2D eigenvalue weighted by Crippen LogP contribution is 2.47. The SMILES string of the molecule is COc1ccc2c(c1)C(=C1CC1)N(C[C@@]1(c3cnn(C4CCC4)c3)CC(=O)NC1=O)C2.[HH].[HH]. The van der Waals surface area contributed by atoms with Gasteiger partial charge in [0.2, 0.25) is 11.8 Å². The van der Waals surface area contributed by atoms with Crippen molar-refractivity contribution in [1.82, 2.24) is 20.0 Å². The third kappa shape index (κ3) is 2.90. The molecule has 2 aromatic rings. The highest BCUT2D eigenvalue weighted by atomic mass is 16.5. The molecule has 0 spiro atoms. The fraction of sp³-hybridized carbons (Fsp3) is 0.458. The van der Waals surface area contributed by atoms with E-state index in [-0.39, 0.29) is 21.1 Å². The Bertz CT molecular complexity index is 1130. The molecule has 2 amide bonds. The number of allylic oxidation sites excluding steroid dienone is 1. The molecule has 1 aromatic heterocycles. The van der Waals surface area contributed by atoms with E-state index in [1.807, 2.05) is 16.9 Å². The Morgan fingerprint density at radius 3 is 2.77 bits per heavy atom. The van der Waals surface area contributed by atoms with Crippen LogP contribution in [0.2, 0.25) is 0 Å². The number of rotatable bonds is 5. The number of nitrogens with zero attached hydrogens (tertiary/aromatic N) is 3. The predicted octanol–water partition coefficient (Wildman–Crippen LogP) is 3.41. The van der Waals surface area contributed by atoms with E-state index in [1.165, 1.54) is 28.8 Å². The Balaban J connectivity index is 0.00000130. The molecule has 6 rings (SSSR count). The Morgan fingerprint density at radius 1 is 1.29 bits per heavy atom.